The number of nitriles is 1. The maximum absolute atomic E-state index is 9.58. The lowest BCUT2D eigenvalue weighted by molar-refractivity contribution is 0.311. The van der Waals surface area contributed by atoms with Crippen molar-refractivity contribution in [3.8, 4) is 6.07 Å². The Bertz CT molecular complexity index is 875. The quantitative estimate of drug-likeness (QED) is 0.416. The van der Waals surface area contributed by atoms with Crippen LogP contribution in [0.4, 0.5) is 0 Å². The molecule has 3 aliphatic carbocycles. The van der Waals surface area contributed by atoms with Crippen LogP contribution < -0.4 is 0 Å². The molecule has 28 heavy (non-hydrogen) atoms. The molecule has 2 heteroatoms. The van der Waals surface area contributed by atoms with Gasteiger partial charge in [-0.25, -0.2) is 0 Å². The molecule has 3 aliphatic rings. The Kier molecular flexibility index (Phi) is 5.13. The highest BCUT2D eigenvalue weighted by atomic mass is 16.5. The van der Waals surface area contributed by atoms with Gasteiger partial charge in [0.25, 0.3) is 0 Å². The molecule has 0 heterocycles. The summed E-state index contributed by atoms with van der Waals surface area (Å²) in [5, 5.41) is 9.58. The number of fused-ring (bicyclic) bond motifs is 3. The topological polar surface area (TPSA) is 33.0 Å². The van der Waals surface area contributed by atoms with Crippen LogP contribution in [0.15, 0.2) is 34.9 Å². The Morgan fingerprint density at radius 3 is 2.61 bits per heavy atom. The molecule has 2 atom stereocenters. The first-order valence-corrected chi connectivity index (χ1v) is 11.0. The van der Waals surface area contributed by atoms with E-state index < -0.39 is 0 Å². The van der Waals surface area contributed by atoms with E-state index in [2.05, 4.69) is 39.0 Å². The molecule has 2 bridgehead atoms. The Balaban J connectivity index is 1.86. The molecular formula is C26H33NO. The Labute approximate surface area is 170 Å². The second-order valence-corrected chi connectivity index (χ2v) is 9.83. The summed E-state index contributed by atoms with van der Waals surface area (Å²) in [6.07, 6.45) is 10.5. The molecule has 1 fully saturated rings. The molecule has 2 nitrogen and oxygen atoms in total. The van der Waals surface area contributed by atoms with Gasteiger partial charge >= 0.3 is 0 Å². The second kappa shape index (κ2) is 7.43. The van der Waals surface area contributed by atoms with Gasteiger partial charge in [-0.05, 0) is 85.6 Å². The molecule has 0 spiro atoms. The highest BCUT2D eigenvalue weighted by Gasteiger charge is 2.39. The van der Waals surface area contributed by atoms with E-state index in [4.69, 9.17) is 4.74 Å². The van der Waals surface area contributed by atoms with Crippen molar-refractivity contribution < 1.29 is 4.74 Å². The van der Waals surface area contributed by atoms with Crippen LogP contribution in [-0.4, -0.2) is 7.11 Å². The minimum atomic E-state index is -0.0634. The lowest BCUT2D eigenvalue weighted by atomic mass is 9.62. The number of allylic oxidation sites excluding steroid dienone is 3. The minimum Gasteiger partial charge on any atom is -0.496 e. The normalized spacial score (nSPS) is 26.4. The third kappa shape index (κ3) is 3.30. The fraction of sp³-hybridized carbons (Fsp3) is 0.577. The van der Waals surface area contributed by atoms with Crippen LogP contribution in [0.1, 0.15) is 88.8 Å². The lowest BCUT2D eigenvalue weighted by Gasteiger charge is -2.43. The first-order valence-electron chi connectivity index (χ1n) is 11.0. The minimum absolute atomic E-state index is 0.0634. The summed E-state index contributed by atoms with van der Waals surface area (Å²) in [7, 11) is 1.83. The van der Waals surface area contributed by atoms with Gasteiger partial charge in [0, 0.05) is 11.5 Å². The number of methoxy groups -OCH3 is 1. The summed E-state index contributed by atoms with van der Waals surface area (Å²) in [5.41, 5.74) is 8.05. The third-order valence-electron chi connectivity index (χ3n) is 7.08. The van der Waals surface area contributed by atoms with Gasteiger partial charge in [0.15, 0.2) is 0 Å². The summed E-state index contributed by atoms with van der Waals surface area (Å²) in [5.74, 6) is 2.31. The number of benzene rings is 1. The maximum atomic E-state index is 9.58. The van der Waals surface area contributed by atoms with Crippen LogP contribution >= 0.6 is 0 Å². The van der Waals surface area contributed by atoms with Crippen molar-refractivity contribution in [1.29, 1.82) is 5.26 Å². The smallest absolute Gasteiger partial charge is 0.126 e. The number of hydrogen-bond acceptors (Lipinski definition) is 2. The standard InChI is InChI=1S/C26H33NO/c1-26(2,3)23-15-19(12-13-20(23)16-27)25(28-4)24-18-9-7-11-22(24)21-10-6-5-8-17(21)14-18/h12-13,15,18,22H,5-11,14H2,1-4H3. The lowest BCUT2D eigenvalue weighted by Crippen LogP contribution is -2.30. The number of ether oxygens (including phenoxy) is 1. The Morgan fingerprint density at radius 1 is 1.11 bits per heavy atom. The average molecular weight is 376 g/mol. The van der Waals surface area contributed by atoms with Crippen molar-refractivity contribution in [3.63, 3.8) is 0 Å². The molecule has 1 aromatic rings. The van der Waals surface area contributed by atoms with Gasteiger partial charge in [-0.15, -0.1) is 0 Å². The number of nitrogens with zero attached hydrogens (tertiary/aromatic N) is 1. The monoisotopic (exact) mass is 375 g/mol. The van der Waals surface area contributed by atoms with Gasteiger partial charge < -0.3 is 4.74 Å². The zero-order valence-corrected chi connectivity index (χ0v) is 17.9. The molecule has 1 aromatic carbocycles. The second-order valence-electron chi connectivity index (χ2n) is 9.83. The Morgan fingerprint density at radius 2 is 1.89 bits per heavy atom. The van der Waals surface area contributed by atoms with Gasteiger partial charge in [-0.3, -0.25) is 0 Å². The van der Waals surface area contributed by atoms with E-state index in [1.165, 1.54) is 51.4 Å². The van der Waals surface area contributed by atoms with E-state index in [0.29, 0.717) is 11.8 Å². The first kappa shape index (κ1) is 19.3. The molecule has 0 N–H and O–H groups in total. The van der Waals surface area contributed by atoms with Gasteiger partial charge in [-0.2, -0.15) is 5.26 Å². The van der Waals surface area contributed by atoms with Crippen LogP contribution in [0, 0.1) is 23.2 Å². The molecule has 0 aliphatic heterocycles. The number of hydrogen-bond donors (Lipinski definition) is 0. The van der Waals surface area contributed by atoms with Crippen LogP contribution in [0.3, 0.4) is 0 Å². The molecule has 1 saturated carbocycles. The van der Waals surface area contributed by atoms with E-state index in [1.54, 1.807) is 16.7 Å². The SMILES string of the molecule is COC(=C1C2CCCC1C1=C(CCCC1)C2)c1ccc(C#N)c(C(C)(C)C)c1. The molecule has 148 valence electrons. The van der Waals surface area contributed by atoms with Crippen LogP contribution in [0.25, 0.3) is 5.76 Å². The summed E-state index contributed by atoms with van der Waals surface area (Å²) in [6, 6.07) is 8.67. The van der Waals surface area contributed by atoms with Gasteiger partial charge in [0.1, 0.15) is 5.76 Å². The molecule has 2 unspecified atom stereocenters. The fourth-order valence-corrected chi connectivity index (χ4v) is 5.83. The van der Waals surface area contributed by atoms with Crippen molar-refractivity contribution in [3.05, 3.63) is 51.6 Å². The van der Waals surface area contributed by atoms with Crippen molar-refractivity contribution in [2.45, 2.75) is 77.6 Å². The van der Waals surface area contributed by atoms with Gasteiger partial charge in [0.2, 0.25) is 0 Å². The first-order chi connectivity index (χ1) is 13.4. The van der Waals surface area contributed by atoms with Crippen LogP contribution in [-0.2, 0) is 10.2 Å². The molecule has 4 rings (SSSR count). The highest BCUT2D eigenvalue weighted by Crippen LogP contribution is 2.53. The summed E-state index contributed by atoms with van der Waals surface area (Å²) in [6.45, 7) is 6.54. The molecule has 0 saturated heterocycles. The van der Waals surface area contributed by atoms with Crippen molar-refractivity contribution in [2.75, 3.05) is 7.11 Å². The van der Waals surface area contributed by atoms with Gasteiger partial charge in [-0.1, -0.05) is 38.3 Å². The summed E-state index contributed by atoms with van der Waals surface area (Å²) < 4.78 is 6.11. The molecule has 0 radical (unpaired) electrons. The van der Waals surface area contributed by atoms with Crippen molar-refractivity contribution in [2.24, 2.45) is 11.8 Å². The summed E-state index contributed by atoms with van der Waals surface area (Å²) >= 11 is 0. The van der Waals surface area contributed by atoms with Crippen molar-refractivity contribution >= 4 is 5.76 Å². The largest absolute Gasteiger partial charge is 0.496 e. The zero-order chi connectivity index (χ0) is 19.9. The Hall–Kier alpha value is -2.01. The number of rotatable bonds is 2. The molecule has 0 amide bonds. The predicted octanol–water partition coefficient (Wildman–Crippen LogP) is 6.90. The summed E-state index contributed by atoms with van der Waals surface area (Å²) in [4.78, 5) is 0. The van der Waals surface area contributed by atoms with E-state index >= 15 is 0 Å². The zero-order valence-electron chi connectivity index (χ0n) is 17.9. The maximum Gasteiger partial charge on any atom is 0.126 e. The third-order valence-corrected chi connectivity index (χ3v) is 7.08. The van der Waals surface area contributed by atoms with Crippen molar-refractivity contribution in [1.82, 2.24) is 0 Å². The van der Waals surface area contributed by atoms with E-state index in [9.17, 15) is 5.26 Å². The molecule has 0 aromatic heterocycles. The average Bonchev–Trinajstić information content (AvgIpc) is 2.68. The van der Waals surface area contributed by atoms with E-state index in [0.717, 1.165) is 22.4 Å². The predicted molar refractivity (Wildman–Crippen MR) is 115 cm³/mol. The van der Waals surface area contributed by atoms with E-state index in [-0.39, 0.29) is 5.41 Å². The van der Waals surface area contributed by atoms with Crippen LogP contribution in [0.2, 0.25) is 0 Å². The fourth-order valence-electron chi connectivity index (χ4n) is 5.83. The van der Waals surface area contributed by atoms with Crippen LogP contribution in [0.5, 0.6) is 0 Å². The molecular weight excluding hydrogens is 342 g/mol. The van der Waals surface area contributed by atoms with Gasteiger partial charge in [0.05, 0.1) is 18.7 Å². The van der Waals surface area contributed by atoms with E-state index in [1.807, 2.05) is 13.2 Å². The highest BCUT2D eigenvalue weighted by molar-refractivity contribution is 5.68.